The molecular formula is C15H15BrClNS. The predicted molar refractivity (Wildman–Crippen MR) is 87.8 cm³/mol. The molecule has 0 aliphatic heterocycles. The molecule has 0 radical (unpaired) electrons. The van der Waals surface area contributed by atoms with Gasteiger partial charge in [0.2, 0.25) is 0 Å². The van der Waals surface area contributed by atoms with Crippen LogP contribution in [-0.4, -0.2) is 6.04 Å². The Labute approximate surface area is 131 Å². The van der Waals surface area contributed by atoms with Crippen LogP contribution in [0.4, 0.5) is 0 Å². The monoisotopic (exact) mass is 355 g/mol. The molecular weight excluding hydrogens is 342 g/mol. The molecule has 2 atom stereocenters. The van der Waals surface area contributed by atoms with Gasteiger partial charge in [0.25, 0.3) is 0 Å². The van der Waals surface area contributed by atoms with E-state index in [9.17, 15) is 0 Å². The first-order chi connectivity index (χ1) is 9.08. The van der Waals surface area contributed by atoms with Crippen molar-refractivity contribution in [2.75, 3.05) is 0 Å². The lowest BCUT2D eigenvalue weighted by Gasteiger charge is -2.21. The summed E-state index contributed by atoms with van der Waals surface area (Å²) in [6.45, 7) is 2.03. The Morgan fingerprint density at radius 1 is 1.11 bits per heavy atom. The van der Waals surface area contributed by atoms with Gasteiger partial charge in [-0.1, -0.05) is 35.9 Å². The molecule has 2 unspecified atom stereocenters. The molecule has 0 aliphatic carbocycles. The zero-order valence-electron chi connectivity index (χ0n) is 10.5. The summed E-state index contributed by atoms with van der Waals surface area (Å²) in [5.74, 6) is 0. The van der Waals surface area contributed by atoms with Crippen molar-refractivity contribution in [1.29, 1.82) is 0 Å². The maximum atomic E-state index is 6.14. The van der Waals surface area contributed by atoms with Crippen LogP contribution in [0.2, 0.25) is 5.02 Å². The highest BCUT2D eigenvalue weighted by atomic mass is 79.9. The van der Waals surface area contributed by atoms with E-state index in [1.807, 2.05) is 49.4 Å². The Kier molecular flexibility index (Phi) is 5.34. The van der Waals surface area contributed by atoms with E-state index in [2.05, 4.69) is 22.0 Å². The van der Waals surface area contributed by atoms with E-state index in [1.54, 1.807) is 11.8 Å². The molecule has 100 valence electrons. The van der Waals surface area contributed by atoms with E-state index in [-0.39, 0.29) is 11.3 Å². The molecule has 2 aromatic rings. The first kappa shape index (κ1) is 14.9. The fourth-order valence-electron chi connectivity index (χ4n) is 1.81. The predicted octanol–water partition coefficient (Wildman–Crippen LogP) is 5.28. The van der Waals surface area contributed by atoms with Crippen molar-refractivity contribution in [3.63, 3.8) is 0 Å². The Morgan fingerprint density at radius 2 is 1.74 bits per heavy atom. The number of hydrogen-bond donors (Lipinski definition) is 1. The highest BCUT2D eigenvalue weighted by Gasteiger charge is 2.18. The highest BCUT2D eigenvalue weighted by Crippen LogP contribution is 2.40. The van der Waals surface area contributed by atoms with Gasteiger partial charge in [0.1, 0.15) is 0 Å². The number of nitrogens with two attached hydrogens (primary N) is 1. The zero-order chi connectivity index (χ0) is 13.8. The summed E-state index contributed by atoms with van der Waals surface area (Å²) in [7, 11) is 0. The molecule has 19 heavy (non-hydrogen) atoms. The van der Waals surface area contributed by atoms with Crippen LogP contribution >= 0.6 is 39.3 Å². The molecule has 0 aromatic heterocycles. The van der Waals surface area contributed by atoms with E-state index in [0.717, 1.165) is 9.50 Å². The maximum Gasteiger partial charge on any atom is 0.0493 e. The van der Waals surface area contributed by atoms with Crippen molar-refractivity contribution in [2.45, 2.75) is 23.1 Å². The van der Waals surface area contributed by atoms with Crippen LogP contribution in [0.3, 0.4) is 0 Å². The van der Waals surface area contributed by atoms with Crippen LogP contribution in [0.15, 0.2) is 57.9 Å². The summed E-state index contributed by atoms with van der Waals surface area (Å²) < 4.78 is 1.10. The topological polar surface area (TPSA) is 26.0 Å². The van der Waals surface area contributed by atoms with Crippen LogP contribution in [0.5, 0.6) is 0 Å². The van der Waals surface area contributed by atoms with Crippen LogP contribution in [0.1, 0.15) is 17.7 Å². The molecule has 2 N–H and O–H groups in total. The van der Waals surface area contributed by atoms with Gasteiger partial charge in [0, 0.05) is 25.7 Å². The van der Waals surface area contributed by atoms with Crippen molar-refractivity contribution >= 4 is 39.3 Å². The van der Waals surface area contributed by atoms with E-state index < -0.39 is 0 Å². The van der Waals surface area contributed by atoms with Crippen molar-refractivity contribution in [1.82, 2.24) is 0 Å². The Morgan fingerprint density at radius 3 is 2.32 bits per heavy atom. The van der Waals surface area contributed by atoms with E-state index in [0.29, 0.717) is 0 Å². The van der Waals surface area contributed by atoms with Crippen LogP contribution < -0.4 is 5.73 Å². The van der Waals surface area contributed by atoms with E-state index in [1.165, 1.54) is 10.5 Å². The summed E-state index contributed by atoms with van der Waals surface area (Å²) >= 11 is 11.3. The van der Waals surface area contributed by atoms with Crippen LogP contribution in [-0.2, 0) is 0 Å². The fraction of sp³-hybridized carbons (Fsp3) is 0.200. The van der Waals surface area contributed by atoms with Crippen molar-refractivity contribution in [3.05, 3.63) is 63.6 Å². The SMILES string of the molecule is CC(N)C(Sc1ccccc1Br)c1ccc(Cl)cc1. The molecule has 0 heterocycles. The number of thioether (sulfide) groups is 1. The quantitative estimate of drug-likeness (QED) is 0.754. The first-order valence-corrected chi connectivity index (χ1v) is 8.05. The largest absolute Gasteiger partial charge is 0.327 e. The maximum absolute atomic E-state index is 6.14. The minimum atomic E-state index is 0.0540. The molecule has 0 spiro atoms. The molecule has 0 saturated carbocycles. The first-order valence-electron chi connectivity index (χ1n) is 6.00. The van der Waals surface area contributed by atoms with Gasteiger partial charge in [0.15, 0.2) is 0 Å². The lowest BCUT2D eigenvalue weighted by atomic mass is 10.1. The lowest BCUT2D eigenvalue weighted by molar-refractivity contribution is 0.721. The molecule has 0 amide bonds. The molecule has 2 rings (SSSR count). The normalized spacial score (nSPS) is 14.1. The Balaban J connectivity index is 2.26. The van der Waals surface area contributed by atoms with Gasteiger partial charge < -0.3 is 5.73 Å². The molecule has 0 fully saturated rings. The summed E-state index contributed by atoms with van der Waals surface area (Å²) in [5.41, 5.74) is 7.33. The average molecular weight is 357 g/mol. The van der Waals surface area contributed by atoms with Crippen molar-refractivity contribution in [2.24, 2.45) is 5.73 Å². The van der Waals surface area contributed by atoms with Gasteiger partial charge in [0.05, 0.1) is 0 Å². The van der Waals surface area contributed by atoms with Gasteiger partial charge in [-0.3, -0.25) is 0 Å². The van der Waals surface area contributed by atoms with E-state index in [4.69, 9.17) is 17.3 Å². The highest BCUT2D eigenvalue weighted by molar-refractivity contribution is 9.10. The van der Waals surface area contributed by atoms with Gasteiger partial charge in [-0.2, -0.15) is 0 Å². The second-order valence-electron chi connectivity index (χ2n) is 4.38. The minimum Gasteiger partial charge on any atom is -0.327 e. The van der Waals surface area contributed by atoms with Gasteiger partial charge in [-0.05, 0) is 52.7 Å². The summed E-state index contributed by atoms with van der Waals surface area (Å²) in [6.07, 6.45) is 0. The third-order valence-corrected chi connectivity index (χ3v) is 5.54. The molecule has 0 bridgehead atoms. The number of halogens is 2. The molecule has 1 nitrogen and oxygen atoms in total. The molecule has 0 aliphatic rings. The van der Waals surface area contributed by atoms with Gasteiger partial charge in [-0.25, -0.2) is 0 Å². The minimum absolute atomic E-state index is 0.0540. The molecule has 2 aromatic carbocycles. The number of hydrogen-bond acceptors (Lipinski definition) is 2. The molecule has 0 saturated heterocycles. The number of benzene rings is 2. The van der Waals surface area contributed by atoms with E-state index >= 15 is 0 Å². The zero-order valence-corrected chi connectivity index (χ0v) is 13.7. The third-order valence-electron chi connectivity index (χ3n) is 2.77. The smallest absolute Gasteiger partial charge is 0.0493 e. The summed E-state index contributed by atoms with van der Waals surface area (Å²) in [6, 6.07) is 16.1. The summed E-state index contributed by atoms with van der Waals surface area (Å²) in [5, 5.41) is 0.953. The van der Waals surface area contributed by atoms with Gasteiger partial charge >= 0.3 is 0 Å². The Hall–Kier alpha value is -0.480. The summed E-state index contributed by atoms with van der Waals surface area (Å²) in [4.78, 5) is 1.19. The lowest BCUT2D eigenvalue weighted by Crippen LogP contribution is -2.22. The van der Waals surface area contributed by atoms with Crippen molar-refractivity contribution < 1.29 is 0 Å². The average Bonchev–Trinajstić information content (AvgIpc) is 2.39. The third kappa shape index (κ3) is 3.99. The number of rotatable bonds is 4. The van der Waals surface area contributed by atoms with Crippen molar-refractivity contribution in [3.8, 4) is 0 Å². The fourth-order valence-corrected chi connectivity index (χ4v) is 3.62. The van der Waals surface area contributed by atoms with Gasteiger partial charge in [-0.15, -0.1) is 11.8 Å². The Bertz CT molecular complexity index is 542. The second kappa shape index (κ2) is 6.80. The van der Waals surface area contributed by atoms with Crippen LogP contribution in [0.25, 0.3) is 0 Å². The molecule has 4 heteroatoms. The van der Waals surface area contributed by atoms with Crippen LogP contribution in [0, 0.1) is 0 Å². The second-order valence-corrected chi connectivity index (χ2v) is 6.85. The standard InChI is InChI=1S/C15H15BrClNS/c1-10(18)15(11-6-8-12(17)9-7-11)19-14-5-3-2-4-13(14)16/h2-10,15H,18H2,1H3.